The highest BCUT2D eigenvalue weighted by molar-refractivity contribution is 5.67. The molecule has 2 fully saturated rings. The van der Waals surface area contributed by atoms with E-state index in [0.29, 0.717) is 41.5 Å². The van der Waals surface area contributed by atoms with Gasteiger partial charge in [0.2, 0.25) is 5.95 Å². The van der Waals surface area contributed by atoms with Crippen LogP contribution in [0.5, 0.6) is 11.6 Å². The number of nitrogens with one attached hydrogen (secondary N) is 3. The fourth-order valence-corrected chi connectivity index (χ4v) is 6.09. The Balaban J connectivity index is 1.29. The predicted octanol–water partition coefficient (Wildman–Crippen LogP) is 5.20. The van der Waals surface area contributed by atoms with E-state index >= 15 is 0 Å². The first-order valence-corrected chi connectivity index (χ1v) is 16.4. The van der Waals surface area contributed by atoms with Crippen LogP contribution in [0.3, 0.4) is 0 Å². The van der Waals surface area contributed by atoms with Crippen molar-refractivity contribution in [2.45, 2.75) is 70.2 Å². The monoisotopic (exact) mass is 659 g/mol. The highest BCUT2D eigenvalue weighted by atomic mass is 16.5. The fraction of sp³-hybridized carbons (Fsp3) is 0.545. The minimum atomic E-state index is -0.430. The maximum absolute atomic E-state index is 9.63. The first-order valence-electron chi connectivity index (χ1n) is 16.4. The molecule has 0 radical (unpaired) electrons. The number of ether oxygens (including phenoxy) is 4. The number of rotatable bonds is 16. The molecule has 2 atom stereocenters. The molecule has 256 valence electrons. The molecule has 1 saturated carbocycles. The number of hydrogen-bond acceptors (Lipinski definition) is 13. The molecule has 2 aliphatic rings. The molecule has 3 N–H and O–H groups in total. The van der Waals surface area contributed by atoms with Crippen LogP contribution in [0.1, 0.15) is 57.6 Å². The summed E-state index contributed by atoms with van der Waals surface area (Å²) < 4.78 is 25.1. The summed E-state index contributed by atoms with van der Waals surface area (Å²) >= 11 is 0. The van der Waals surface area contributed by atoms with Gasteiger partial charge < -0.3 is 24.3 Å². The largest absolute Gasteiger partial charge is 0.487 e. The number of hydrogen-bond donors (Lipinski definition) is 3. The minimum absolute atomic E-state index is 0.0979. The van der Waals surface area contributed by atoms with Gasteiger partial charge in [-0.1, -0.05) is 11.3 Å². The first kappa shape index (κ1) is 34.7. The zero-order chi connectivity index (χ0) is 33.9. The minimum Gasteiger partial charge on any atom is -0.487 e. The second-order valence-electron chi connectivity index (χ2n) is 12.2. The van der Waals surface area contributed by atoms with Crippen LogP contribution in [-0.2, 0) is 9.47 Å². The van der Waals surface area contributed by atoms with Gasteiger partial charge in [-0.15, -0.1) is 5.10 Å². The van der Waals surface area contributed by atoms with Crippen molar-refractivity contribution in [2.75, 3.05) is 51.9 Å². The maximum Gasteiger partial charge on any atom is 0.257 e. The summed E-state index contributed by atoms with van der Waals surface area (Å²) in [6, 6.07) is 8.29. The van der Waals surface area contributed by atoms with Gasteiger partial charge in [-0.2, -0.15) is 10.8 Å². The Morgan fingerprint density at radius 3 is 2.50 bits per heavy atom. The molecule has 1 aliphatic carbocycles. The number of benzene rings is 1. The second-order valence-corrected chi connectivity index (χ2v) is 12.2. The Hall–Kier alpha value is -4.65. The van der Waals surface area contributed by atoms with Gasteiger partial charge in [0.1, 0.15) is 29.9 Å². The van der Waals surface area contributed by atoms with Crippen LogP contribution in [0.15, 0.2) is 42.0 Å². The van der Waals surface area contributed by atoms with E-state index in [4.69, 9.17) is 35.0 Å². The molecular formula is C33H45N11O4. The zero-order valence-electron chi connectivity index (χ0n) is 27.8. The lowest BCUT2D eigenvalue weighted by Crippen LogP contribution is -2.45. The SMILES string of the molecule is COCCC(C)Oc1nn([C@H]2CC[C@H](N3CCOCC3)CC2)cc1Nc1ncc(-c2ccc(C#N)c(O[C@@H](C)CN(C=N)N=N)c2)cn1. The van der Waals surface area contributed by atoms with Crippen molar-refractivity contribution in [1.29, 1.82) is 16.2 Å². The average molecular weight is 660 g/mol. The highest BCUT2D eigenvalue weighted by Gasteiger charge is 2.29. The number of anilines is 2. The van der Waals surface area contributed by atoms with E-state index in [1.165, 1.54) is 0 Å². The van der Waals surface area contributed by atoms with Crippen LogP contribution in [0.4, 0.5) is 11.6 Å². The third kappa shape index (κ3) is 9.03. The van der Waals surface area contributed by atoms with Crippen LogP contribution in [0.2, 0.25) is 0 Å². The molecule has 15 heteroatoms. The average Bonchev–Trinajstić information content (AvgIpc) is 3.51. The third-order valence-electron chi connectivity index (χ3n) is 8.73. The van der Waals surface area contributed by atoms with E-state index in [9.17, 15) is 5.26 Å². The number of nitriles is 1. The molecule has 0 spiro atoms. The van der Waals surface area contributed by atoms with Crippen molar-refractivity contribution in [3.05, 3.63) is 42.4 Å². The van der Waals surface area contributed by atoms with Gasteiger partial charge >= 0.3 is 0 Å². The van der Waals surface area contributed by atoms with Crippen LogP contribution >= 0.6 is 0 Å². The van der Waals surface area contributed by atoms with Gasteiger partial charge in [-0.25, -0.2) is 15.0 Å². The lowest BCUT2D eigenvalue weighted by Gasteiger charge is -2.38. The molecule has 1 unspecified atom stereocenters. The second kappa shape index (κ2) is 17.0. The molecule has 0 amide bonds. The van der Waals surface area contributed by atoms with Crippen molar-refractivity contribution < 1.29 is 18.9 Å². The quantitative estimate of drug-likeness (QED) is 0.0795. The smallest absolute Gasteiger partial charge is 0.257 e. The standard InChI is InChI=1S/C33H45N11O4/c1-23(10-13-45-3)48-32-30(21-44(40-32)29-8-6-28(7-9-29)42-11-14-46-15-12-42)39-33-37-18-27(19-38-33)25-4-5-26(17-34)31(16-25)47-24(2)20-43(22-35)41-36/h4-5,16,18-19,21-24,28-29,35-36H,6-15,20H2,1-3H3,(H,37,38,39)/t23?,24-,28-,29-/m0/s1. The van der Waals surface area contributed by atoms with Gasteiger partial charge in [0, 0.05) is 57.2 Å². The highest BCUT2D eigenvalue weighted by Crippen LogP contribution is 2.35. The van der Waals surface area contributed by atoms with E-state index < -0.39 is 6.10 Å². The van der Waals surface area contributed by atoms with Gasteiger partial charge in [0.15, 0.2) is 0 Å². The van der Waals surface area contributed by atoms with Gasteiger partial charge in [-0.05, 0) is 57.2 Å². The summed E-state index contributed by atoms with van der Waals surface area (Å²) in [7, 11) is 1.68. The lowest BCUT2D eigenvalue weighted by atomic mass is 9.90. The van der Waals surface area contributed by atoms with Gasteiger partial charge in [-0.3, -0.25) is 15.0 Å². The van der Waals surface area contributed by atoms with Gasteiger partial charge in [0.05, 0.1) is 43.7 Å². The van der Waals surface area contributed by atoms with Crippen molar-refractivity contribution in [2.24, 2.45) is 5.22 Å². The van der Waals surface area contributed by atoms with Crippen molar-refractivity contribution in [3.8, 4) is 28.8 Å². The summed E-state index contributed by atoms with van der Waals surface area (Å²) in [6.07, 6.45) is 10.9. The van der Waals surface area contributed by atoms with Gasteiger partial charge in [0.25, 0.3) is 5.88 Å². The molecule has 1 saturated heterocycles. The molecule has 3 aromatic rings. The van der Waals surface area contributed by atoms with Crippen LogP contribution < -0.4 is 14.8 Å². The Kier molecular flexibility index (Phi) is 12.2. The summed E-state index contributed by atoms with van der Waals surface area (Å²) in [5, 5.41) is 29.6. The zero-order valence-corrected chi connectivity index (χ0v) is 27.8. The lowest BCUT2D eigenvalue weighted by molar-refractivity contribution is 0.00500. The van der Waals surface area contributed by atoms with E-state index in [-0.39, 0.29) is 18.7 Å². The Morgan fingerprint density at radius 2 is 1.83 bits per heavy atom. The normalized spacial score (nSPS) is 19.5. The summed E-state index contributed by atoms with van der Waals surface area (Å²) in [5.41, 5.74) is 9.73. The Labute approximate surface area is 281 Å². The Bertz CT molecular complexity index is 1520. The summed E-state index contributed by atoms with van der Waals surface area (Å²) in [6.45, 7) is 8.22. The molecule has 3 heterocycles. The topological polar surface area (TPSA) is 183 Å². The number of methoxy groups -OCH3 is 1. The molecule has 0 bridgehead atoms. The maximum atomic E-state index is 9.63. The molecule has 1 aliphatic heterocycles. The first-order chi connectivity index (χ1) is 23.4. The van der Waals surface area contributed by atoms with Crippen molar-refractivity contribution >= 4 is 18.0 Å². The van der Waals surface area contributed by atoms with Crippen LogP contribution in [0, 0.1) is 22.3 Å². The van der Waals surface area contributed by atoms with E-state index in [2.05, 4.69) is 31.5 Å². The molecular weight excluding hydrogens is 614 g/mol. The van der Waals surface area contributed by atoms with E-state index in [0.717, 1.165) is 80.9 Å². The fourth-order valence-electron chi connectivity index (χ4n) is 6.09. The number of nitrogens with zero attached hydrogens (tertiary/aromatic N) is 8. The molecule has 2 aromatic heterocycles. The third-order valence-corrected chi connectivity index (χ3v) is 8.73. The van der Waals surface area contributed by atoms with Crippen LogP contribution in [0.25, 0.3) is 11.1 Å². The number of aromatic nitrogens is 4. The Morgan fingerprint density at radius 1 is 1.10 bits per heavy atom. The van der Waals surface area contributed by atoms with E-state index in [1.54, 1.807) is 38.6 Å². The van der Waals surface area contributed by atoms with Crippen LogP contribution in [-0.4, -0.2) is 101 Å². The molecule has 1 aromatic carbocycles. The van der Waals surface area contributed by atoms with E-state index in [1.807, 2.05) is 23.9 Å². The molecule has 5 rings (SSSR count). The van der Waals surface area contributed by atoms with Crippen molar-refractivity contribution in [3.63, 3.8) is 0 Å². The molecule has 15 nitrogen and oxygen atoms in total. The molecule has 48 heavy (non-hydrogen) atoms. The van der Waals surface area contributed by atoms with Crippen molar-refractivity contribution in [1.82, 2.24) is 29.7 Å². The summed E-state index contributed by atoms with van der Waals surface area (Å²) in [5.74, 6) is 1.29. The summed E-state index contributed by atoms with van der Waals surface area (Å²) in [4.78, 5) is 11.7. The number of morpholine rings is 1. The predicted molar refractivity (Wildman–Crippen MR) is 179 cm³/mol.